The fourth-order valence-electron chi connectivity index (χ4n) is 6.32. The summed E-state index contributed by atoms with van der Waals surface area (Å²) in [6.45, 7) is 7.26. The Labute approximate surface area is 208 Å². The van der Waals surface area contributed by atoms with Gasteiger partial charge in [0, 0.05) is 0 Å². The van der Waals surface area contributed by atoms with Crippen LogP contribution in [-0.2, 0) is 12.9 Å². The molecule has 36 heavy (non-hydrogen) atoms. The average Bonchev–Trinajstić information content (AvgIpc) is 3.37. The van der Waals surface area contributed by atoms with Crippen LogP contribution in [0.1, 0.15) is 80.2 Å². The Morgan fingerprint density at radius 1 is 0.694 bits per heavy atom. The van der Waals surface area contributed by atoms with Gasteiger partial charge in [0.05, 0.1) is 0 Å². The van der Waals surface area contributed by atoms with Crippen LogP contribution in [0.5, 0.6) is 0 Å². The molecule has 0 amide bonds. The first-order chi connectivity index (χ1) is 16.2. The Hall–Kier alpha value is -1.17. The van der Waals surface area contributed by atoms with Crippen molar-refractivity contribution in [3.05, 3.63) is 81.9 Å². The summed E-state index contributed by atoms with van der Waals surface area (Å²) >= 11 is -10.5. The average molecular weight is 629 g/mol. The van der Waals surface area contributed by atoms with Gasteiger partial charge < -0.3 is 0 Å². The molecule has 196 valence electrons. The Bertz CT molecular complexity index is 1360. The van der Waals surface area contributed by atoms with E-state index in [0.717, 1.165) is 12.2 Å². The first kappa shape index (κ1) is 27.9. The van der Waals surface area contributed by atoms with Gasteiger partial charge in [-0.25, -0.2) is 0 Å². The Balaban J connectivity index is 2.26. The maximum atomic E-state index is 15.8. The molecular weight excluding hydrogens is 600 g/mol. The number of benzene rings is 2. The minimum absolute atomic E-state index is 0.151. The summed E-state index contributed by atoms with van der Waals surface area (Å²) in [5.41, 5.74) is 1.40. The predicted octanol–water partition coefficient (Wildman–Crippen LogP) is 10.3. The van der Waals surface area contributed by atoms with Crippen LogP contribution in [0.4, 0.5) is 26.3 Å². The van der Waals surface area contributed by atoms with Gasteiger partial charge in [0.25, 0.3) is 0 Å². The predicted molar refractivity (Wildman–Crippen MR) is 136 cm³/mol. The van der Waals surface area contributed by atoms with Crippen molar-refractivity contribution in [3.8, 4) is 0 Å². The van der Waals surface area contributed by atoms with E-state index < -0.39 is 28.0 Å². The summed E-state index contributed by atoms with van der Waals surface area (Å²) in [5.74, 6) is -0.303. The van der Waals surface area contributed by atoms with Crippen LogP contribution in [0.25, 0.3) is 12.2 Å². The summed E-state index contributed by atoms with van der Waals surface area (Å²) in [7, 11) is 13.4. The van der Waals surface area contributed by atoms with E-state index in [9.17, 15) is 0 Å². The molecule has 0 radical (unpaired) electrons. The number of allylic oxidation sites excluding steroid dienone is 2. The maximum absolute atomic E-state index is 15.8. The van der Waals surface area contributed by atoms with Crippen molar-refractivity contribution in [2.24, 2.45) is 0 Å². The molecule has 0 nitrogen and oxygen atoms in total. The molecule has 9 heteroatoms. The van der Waals surface area contributed by atoms with Crippen LogP contribution in [0, 0.1) is 0 Å². The first-order valence-electron chi connectivity index (χ1n) is 11.8. The van der Waals surface area contributed by atoms with Crippen LogP contribution in [0.15, 0.2) is 48.6 Å². The fourth-order valence-corrected chi connectivity index (χ4v) is 25.3. The van der Waals surface area contributed by atoms with E-state index in [0.29, 0.717) is 11.1 Å². The van der Waals surface area contributed by atoms with Crippen molar-refractivity contribution in [2.75, 3.05) is 0 Å². The zero-order valence-electron chi connectivity index (χ0n) is 20.3. The van der Waals surface area contributed by atoms with Crippen LogP contribution >= 0.6 is 17.0 Å². The third kappa shape index (κ3) is 2.61. The number of alkyl halides is 6. The van der Waals surface area contributed by atoms with Crippen molar-refractivity contribution >= 4 is 33.4 Å². The van der Waals surface area contributed by atoms with E-state index in [1.54, 1.807) is 12.1 Å². The van der Waals surface area contributed by atoms with E-state index >= 15 is 26.3 Å². The van der Waals surface area contributed by atoms with Gasteiger partial charge in [-0.3, -0.25) is 0 Å². The van der Waals surface area contributed by atoms with Crippen LogP contribution < -0.4 is 0 Å². The molecule has 0 saturated heterocycles. The summed E-state index contributed by atoms with van der Waals surface area (Å²) in [6, 6.07) is 8.79. The van der Waals surface area contributed by atoms with Gasteiger partial charge in [0.1, 0.15) is 0 Å². The molecule has 2 aromatic rings. The van der Waals surface area contributed by atoms with Crippen molar-refractivity contribution in [1.82, 2.24) is 0 Å². The Morgan fingerprint density at radius 2 is 1.03 bits per heavy atom. The van der Waals surface area contributed by atoms with Crippen LogP contribution in [0.3, 0.4) is 0 Å². The third-order valence-corrected chi connectivity index (χ3v) is 39.9. The second kappa shape index (κ2) is 7.07. The van der Waals surface area contributed by atoms with Crippen molar-refractivity contribution in [2.45, 2.75) is 54.6 Å². The van der Waals surface area contributed by atoms with Gasteiger partial charge in [-0.2, -0.15) is 0 Å². The quantitative estimate of drug-likeness (QED) is 0.296. The number of halogens is 8. The molecule has 2 unspecified atom stereocenters. The van der Waals surface area contributed by atoms with Crippen molar-refractivity contribution < 1.29 is 39.3 Å². The standard InChI is InChI=1S/2C12H13.2CF3.CH2.2ClH.Zr/c2*1-9(2)11-7-3-5-10-6-4-8-12(10)11;2*2-1(3)4;;;;/h2*3-9H,1-2H3;;;1H2;2*1H;/q;;;;;;;+2/p-2. The molecule has 0 fully saturated rings. The van der Waals surface area contributed by atoms with Gasteiger partial charge >= 0.3 is 209 Å². The molecule has 2 atom stereocenters. The molecule has 2 aromatic carbocycles. The van der Waals surface area contributed by atoms with Crippen molar-refractivity contribution in [3.63, 3.8) is 0 Å². The van der Waals surface area contributed by atoms with Gasteiger partial charge in [-0.15, -0.1) is 0 Å². The summed E-state index contributed by atoms with van der Waals surface area (Å²) in [6.07, 6.45) is 4.37. The van der Waals surface area contributed by atoms with Crippen molar-refractivity contribution in [1.29, 1.82) is 0 Å². The van der Waals surface area contributed by atoms with E-state index in [-0.39, 0.29) is 34.1 Å². The summed E-state index contributed by atoms with van der Waals surface area (Å²) in [5, 5.41) is 0. The second-order valence-electron chi connectivity index (χ2n) is 11.5. The molecule has 0 bridgehead atoms. The molecule has 0 aromatic heterocycles. The minimum atomic E-state index is -10.5. The molecule has 0 aliphatic heterocycles. The summed E-state index contributed by atoms with van der Waals surface area (Å²) < 4.78 is 80.9. The van der Waals surface area contributed by atoms with Crippen LogP contribution in [-0.4, -0.2) is 12.0 Å². The molecule has 4 rings (SSSR count). The number of fused-ring (bicyclic) bond motifs is 2. The molecule has 0 heterocycles. The van der Waals surface area contributed by atoms with Gasteiger partial charge in [-0.05, 0) is 0 Å². The van der Waals surface area contributed by atoms with Gasteiger partial charge in [0.2, 0.25) is 0 Å². The molecular formula is C27H28Cl2F6Zr. The molecule has 2 aliphatic carbocycles. The third-order valence-electron chi connectivity index (χ3n) is 8.83. The monoisotopic (exact) mass is 626 g/mol. The number of rotatable bonds is 4. The van der Waals surface area contributed by atoms with Gasteiger partial charge in [0.15, 0.2) is 0 Å². The zero-order chi connectivity index (χ0) is 27.2. The molecule has 0 spiro atoms. The zero-order valence-corrected chi connectivity index (χ0v) is 24.3. The second-order valence-corrected chi connectivity index (χ2v) is 47.2. The molecule has 0 N–H and O–H groups in total. The summed E-state index contributed by atoms with van der Waals surface area (Å²) in [4.78, 5) is 0. The Kier molecular flexibility index (Phi) is 5.47. The van der Waals surface area contributed by atoms with E-state index in [2.05, 4.69) is 4.21 Å². The normalized spacial score (nSPS) is 22.8. The molecule has 2 aliphatic rings. The molecule has 0 saturated carbocycles. The Morgan fingerprint density at radius 3 is 1.31 bits per heavy atom. The van der Waals surface area contributed by atoms with E-state index in [1.807, 2.05) is 27.7 Å². The van der Waals surface area contributed by atoms with E-state index in [1.165, 1.54) is 36.4 Å². The fraction of sp³-hybridized carbons (Fsp3) is 0.370. The first-order valence-corrected chi connectivity index (χ1v) is 25.2. The number of hydrogen-bond acceptors (Lipinski definition) is 0. The number of hydrogen-bond donors (Lipinski definition) is 0. The SMILES string of the molecule is [CH2]=[Zr]([Cl])([Cl])([CH]1C=Cc2c(C(C)C)cccc21)([CH]1C=Cc2c(C(C)C)cccc21)([C](F)(F)F)[C](F)(F)F. The van der Waals surface area contributed by atoms with Gasteiger partial charge in [-0.1, -0.05) is 0 Å². The van der Waals surface area contributed by atoms with Crippen LogP contribution in [0.2, 0.25) is 0 Å². The topological polar surface area (TPSA) is 0 Å². The van der Waals surface area contributed by atoms with E-state index in [4.69, 9.17) is 17.0 Å².